The van der Waals surface area contributed by atoms with E-state index in [4.69, 9.17) is 0 Å². The molecule has 0 aliphatic rings. The summed E-state index contributed by atoms with van der Waals surface area (Å²) < 4.78 is 61.3. The largest absolute Gasteiger partial charge is 0.516 e. The Bertz CT molecular complexity index is 1160. The maximum atomic E-state index is 12.5. The predicted molar refractivity (Wildman–Crippen MR) is 98.6 cm³/mol. The molecule has 3 rings (SSSR count). The first-order valence-electron chi connectivity index (χ1n) is 7.79. The molecule has 0 spiro atoms. The van der Waals surface area contributed by atoms with Crippen molar-refractivity contribution in [2.45, 2.75) is 5.51 Å². The first-order chi connectivity index (χ1) is 13.1. The summed E-state index contributed by atoms with van der Waals surface area (Å²) in [5.41, 5.74) is -5.56. The zero-order valence-corrected chi connectivity index (χ0v) is 14.8. The number of anilines is 2. The highest BCUT2D eigenvalue weighted by molar-refractivity contribution is 7.93. The fourth-order valence-electron chi connectivity index (χ4n) is 2.50. The van der Waals surface area contributed by atoms with Crippen LogP contribution in [0.25, 0.3) is 10.8 Å². The summed E-state index contributed by atoms with van der Waals surface area (Å²) in [4.78, 5) is 12.5. The van der Waals surface area contributed by atoms with Crippen LogP contribution in [-0.2, 0) is 10.0 Å². The van der Waals surface area contributed by atoms with E-state index < -0.39 is 27.1 Å². The number of carbonyl (C=O) groups excluding carboxylic acids is 1. The fraction of sp³-hybridized carbons (Fsp3) is 0.0556. The second kappa shape index (κ2) is 7.04. The van der Waals surface area contributed by atoms with Gasteiger partial charge >= 0.3 is 15.5 Å². The van der Waals surface area contributed by atoms with E-state index >= 15 is 0 Å². The number of alkyl halides is 3. The molecule has 0 aromatic heterocycles. The second-order valence-electron chi connectivity index (χ2n) is 5.80. The Morgan fingerprint density at radius 1 is 0.964 bits per heavy atom. The molecular formula is C18H13F3N2O4S. The number of sulfonamides is 1. The molecule has 3 aromatic carbocycles. The quantitative estimate of drug-likeness (QED) is 0.605. The molecule has 3 aromatic rings. The Labute approximate surface area is 157 Å². The third-order valence-electron chi connectivity index (χ3n) is 3.80. The molecule has 0 saturated carbocycles. The van der Waals surface area contributed by atoms with Crippen LogP contribution in [0.3, 0.4) is 0 Å². The highest BCUT2D eigenvalue weighted by atomic mass is 32.2. The molecule has 0 radical (unpaired) electrons. The number of benzene rings is 3. The van der Waals surface area contributed by atoms with Crippen molar-refractivity contribution < 1.29 is 31.5 Å². The van der Waals surface area contributed by atoms with E-state index in [-0.39, 0.29) is 11.3 Å². The van der Waals surface area contributed by atoms with Gasteiger partial charge in [-0.3, -0.25) is 9.52 Å². The number of amides is 1. The van der Waals surface area contributed by atoms with Crippen LogP contribution in [0.2, 0.25) is 0 Å². The molecule has 28 heavy (non-hydrogen) atoms. The standard InChI is InChI=1S/C18H13F3N2O4S/c19-18(20,21)28(26,27)23-13-5-1-4-12(9-13)17(25)22-16-6-2-3-11-7-8-14(24)10-15(11)16/h1-10,23-24H,(H,22,25). The average Bonchev–Trinajstić information content (AvgIpc) is 2.61. The lowest BCUT2D eigenvalue weighted by atomic mass is 10.1. The van der Waals surface area contributed by atoms with E-state index in [1.807, 2.05) is 0 Å². The second-order valence-corrected chi connectivity index (χ2v) is 7.47. The first kappa shape index (κ1) is 19.5. The van der Waals surface area contributed by atoms with Gasteiger partial charge in [-0.05, 0) is 41.8 Å². The van der Waals surface area contributed by atoms with E-state index in [0.717, 1.165) is 17.5 Å². The lowest BCUT2D eigenvalue weighted by Crippen LogP contribution is -2.30. The Morgan fingerprint density at radius 2 is 1.68 bits per heavy atom. The van der Waals surface area contributed by atoms with Crippen LogP contribution in [-0.4, -0.2) is 24.9 Å². The van der Waals surface area contributed by atoms with Crippen LogP contribution in [0.1, 0.15) is 10.4 Å². The average molecular weight is 410 g/mol. The number of rotatable bonds is 4. The Kier molecular flexibility index (Phi) is 4.90. The summed E-state index contributed by atoms with van der Waals surface area (Å²) in [5, 5.41) is 13.6. The summed E-state index contributed by atoms with van der Waals surface area (Å²) in [6.07, 6.45) is 0. The van der Waals surface area contributed by atoms with Gasteiger partial charge in [0, 0.05) is 22.3 Å². The maximum absolute atomic E-state index is 12.5. The van der Waals surface area contributed by atoms with E-state index in [0.29, 0.717) is 11.1 Å². The number of fused-ring (bicyclic) bond motifs is 1. The van der Waals surface area contributed by atoms with Crippen molar-refractivity contribution in [2.75, 3.05) is 10.0 Å². The van der Waals surface area contributed by atoms with Crippen molar-refractivity contribution in [1.82, 2.24) is 0 Å². The number of hydrogen-bond acceptors (Lipinski definition) is 4. The smallest absolute Gasteiger partial charge is 0.508 e. The summed E-state index contributed by atoms with van der Waals surface area (Å²) in [6.45, 7) is 0. The minimum atomic E-state index is -5.60. The number of phenols is 1. The third kappa shape index (κ3) is 4.01. The summed E-state index contributed by atoms with van der Waals surface area (Å²) in [5.74, 6) is -0.665. The van der Waals surface area contributed by atoms with Crippen LogP contribution >= 0.6 is 0 Å². The number of nitrogens with one attached hydrogen (secondary N) is 2. The SMILES string of the molecule is O=C(Nc1cccc2ccc(O)cc12)c1cccc(NS(=O)(=O)C(F)(F)F)c1. The summed E-state index contributed by atoms with van der Waals surface area (Å²) >= 11 is 0. The van der Waals surface area contributed by atoms with Gasteiger partial charge in [-0.25, -0.2) is 0 Å². The highest BCUT2D eigenvalue weighted by Crippen LogP contribution is 2.28. The molecule has 0 unspecified atom stereocenters. The minimum Gasteiger partial charge on any atom is -0.508 e. The van der Waals surface area contributed by atoms with Crippen LogP contribution in [0.5, 0.6) is 5.75 Å². The van der Waals surface area contributed by atoms with Gasteiger partial charge in [0.2, 0.25) is 0 Å². The van der Waals surface area contributed by atoms with Gasteiger partial charge in [0.05, 0.1) is 0 Å². The molecule has 0 atom stereocenters. The molecule has 0 bridgehead atoms. The number of halogens is 3. The molecule has 3 N–H and O–H groups in total. The van der Waals surface area contributed by atoms with E-state index in [1.165, 1.54) is 29.0 Å². The minimum absolute atomic E-state index is 0.00208. The van der Waals surface area contributed by atoms with Gasteiger partial charge in [-0.15, -0.1) is 0 Å². The zero-order valence-electron chi connectivity index (χ0n) is 14.0. The molecule has 0 saturated heterocycles. The van der Waals surface area contributed by atoms with Gasteiger partial charge < -0.3 is 10.4 Å². The lowest BCUT2D eigenvalue weighted by Gasteiger charge is -2.12. The summed E-state index contributed by atoms with van der Waals surface area (Å²) in [7, 11) is -5.60. The fourth-order valence-corrected chi connectivity index (χ4v) is 3.05. The predicted octanol–water partition coefficient (Wildman–Crippen LogP) is 4.06. The van der Waals surface area contributed by atoms with Gasteiger partial charge in [-0.2, -0.15) is 21.6 Å². The van der Waals surface area contributed by atoms with Gasteiger partial charge in [0.25, 0.3) is 5.91 Å². The van der Waals surface area contributed by atoms with E-state index in [9.17, 15) is 31.5 Å². The molecule has 0 aliphatic heterocycles. The third-order valence-corrected chi connectivity index (χ3v) is 4.91. The van der Waals surface area contributed by atoms with Crippen molar-refractivity contribution in [1.29, 1.82) is 0 Å². The molecular weight excluding hydrogens is 397 g/mol. The van der Waals surface area contributed by atoms with Crippen LogP contribution in [0.4, 0.5) is 24.5 Å². The lowest BCUT2D eigenvalue weighted by molar-refractivity contribution is -0.0429. The van der Waals surface area contributed by atoms with E-state index in [2.05, 4.69) is 5.32 Å². The Hall–Kier alpha value is -3.27. The molecule has 146 valence electrons. The van der Waals surface area contributed by atoms with Gasteiger partial charge in [0.1, 0.15) is 5.75 Å². The Morgan fingerprint density at radius 3 is 2.39 bits per heavy atom. The van der Waals surface area contributed by atoms with E-state index in [1.54, 1.807) is 24.3 Å². The number of phenolic OH excluding ortho intramolecular Hbond substituents is 1. The topological polar surface area (TPSA) is 95.5 Å². The van der Waals surface area contributed by atoms with Crippen molar-refractivity contribution >= 4 is 38.1 Å². The Balaban J connectivity index is 1.88. The number of aromatic hydroxyl groups is 1. The maximum Gasteiger partial charge on any atom is 0.516 e. The first-order valence-corrected chi connectivity index (χ1v) is 9.27. The normalized spacial score (nSPS) is 12.0. The van der Waals surface area contributed by atoms with Gasteiger partial charge in [0.15, 0.2) is 0 Å². The zero-order chi connectivity index (χ0) is 20.5. The molecule has 0 fully saturated rings. The molecule has 6 nitrogen and oxygen atoms in total. The number of hydrogen-bond donors (Lipinski definition) is 3. The van der Waals surface area contributed by atoms with Crippen molar-refractivity contribution in [2.24, 2.45) is 0 Å². The van der Waals surface area contributed by atoms with Gasteiger partial charge in [-0.1, -0.05) is 24.3 Å². The monoisotopic (exact) mass is 410 g/mol. The van der Waals surface area contributed by atoms with Crippen LogP contribution < -0.4 is 10.0 Å². The molecule has 1 amide bonds. The van der Waals surface area contributed by atoms with Crippen molar-refractivity contribution in [3.8, 4) is 5.75 Å². The molecule has 0 aliphatic carbocycles. The van der Waals surface area contributed by atoms with Crippen molar-refractivity contribution in [3.63, 3.8) is 0 Å². The highest BCUT2D eigenvalue weighted by Gasteiger charge is 2.46. The van der Waals surface area contributed by atoms with Crippen LogP contribution in [0, 0.1) is 0 Å². The molecule has 10 heteroatoms. The van der Waals surface area contributed by atoms with Crippen LogP contribution in [0.15, 0.2) is 60.7 Å². The number of carbonyl (C=O) groups is 1. The summed E-state index contributed by atoms with van der Waals surface area (Å²) in [6, 6.07) is 14.3. The van der Waals surface area contributed by atoms with Crippen molar-refractivity contribution in [3.05, 3.63) is 66.2 Å². The molecule has 0 heterocycles.